The van der Waals surface area contributed by atoms with E-state index in [1.807, 2.05) is 37.3 Å². The van der Waals surface area contributed by atoms with Gasteiger partial charge in [0.2, 0.25) is 18.6 Å². The van der Waals surface area contributed by atoms with E-state index >= 15 is 0 Å². The topological polar surface area (TPSA) is 105 Å². The number of rotatable bonds is 8. The maximum atomic E-state index is 14.3. The summed E-state index contributed by atoms with van der Waals surface area (Å²) in [5, 5.41) is 3.00. The van der Waals surface area contributed by atoms with Gasteiger partial charge in [0.25, 0.3) is 11.7 Å². The Hall–Kier alpha value is -4.92. The van der Waals surface area contributed by atoms with E-state index in [0.717, 1.165) is 24.0 Å². The van der Waals surface area contributed by atoms with Gasteiger partial charge in [0.15, 0.2) is 11.5 Å². The number of fused-ring (bicyclic) bond motifs is 2. The number of hydrogen-bond acceptors (Lipinski definition) is 6. The van der Waals surface area contributed by atoms with Gasteiger partial charge in [-0.15, -0.1) is 0 Å². The van der Waals surface area contributed by atoms with Crippen molar-refractivity contribution in [2.45, 2.75) is 38.8 Å². The van der Waals surface area contributed by atoms with Gasteiger partial charge in [0.1, 0.15) is 12.6 Å². The first-order valence-electron chi connectivity index (χ1n) is 14.1. The second-order valence-corrected chi connectivity index (χ2v) is 10.7. The van der Waals surface area contributed by atoms with Gasteiger partial charge in [0.05, 0.1) is 11.3 Å². The zero-order chi connectivity index (χ0) is 29.2. The standard InChI is InChI=1S/C33H31N3O6/c1-21-9-5-6-12-23(21)18-36(29(37)19-35-26-14-8-7-13-25(26)31(38)33(35)40)30(22-10-3-2-4-11-22)32(39)34-24-15-16-27-28(17-24)42-20-41-27/h2-3,5-9,12-17,22,30H,4,10-11,18-20H2,1H3,(H,34,39)/t22-,30-/m0/s1. The molecule has 3 aliphatic rings. The summed E-state index contributed by atoms with van der Waals surface area (Å²) in [7, 11) is 0. The number of amides is 3. The molecule has 1 N–H and O–H groups in total. The lowest BCUT2D eigenvalue weighted by molar-refractivity contribution is -0.140. The molecule has 9 nitrogen and oxygen atoms in total. The lowest BCUT2D eigenvalue weighted by Crippen LogP contribution is -2.54. The van der Waals surface area contributed by atoms with Gasteiger partial charge in [-0.25, -0.2) is 0 Å². The molecule has 1 aliphatic carbocycles. The minimum Gasteiger partial charge on any atom is -0.454 e. The SMILES string of the molecule is Cc1ccccc1CN(C(=O)CN1C(=O)C(=O)c2ccccc21)[C@H](C(=O)Nc1ccc2c(c1)OCO2)[C@H]1CC=CCC1. The molecule has 0 aromatic heterocycles. The number of allylic oxidation sites excluding steroid dienone is 2. The molecular formula is C33H31N3O6. The molecule has 0 unspecified atom stereocenters. The summed E-state index contributed by atoms with van der Waals surface area (Å²) in [4.78, 5) is 56.8. The lowest BCUT2D eigenvalue weighted by Gasteiger charge is -2.38. The van der Waals surface area contributed by atoms with Gasteiger partial charge >= 0.3 is 0 Å². The number of aryl methyl sites for hydroxylation is 1. The van der Waals surface area contributed by atoms with Crippen LogP contribution < -0.4 is 19.7 Å². The van der Waals surface area contributed by atoms with Gasteiger partial charge in [-0.1, -0.05) is 48.6 Å². The number of ketones is 1. The zero-order valence-corrected chi connectivity index (χ0v) is 23.2. The molecule has 42 heavy (non-hydrogen) atoms. The Bertz CT molecular complexity index is 1600. The van der Waals surface area contributed by atoms with Crippen LogP contribution in [0.25, 0.3) is 0 Å². The monoisotopic (exact) mass is 565 g/mol. The molecule has 0 bridgehead atoms. The average molecular weight is 566 g/mol. The highest BCUT2D eigenvalue weighted by molar-refractivity contribution is 6.52. The quantitative estimate of drug-likeness (QED) is 0.315. The van der Waals surface area contributed by atoms with Crippen molar-refractivity contribution in [3.8, 4) is 11.5 Å². The third kappa shape index (κ3) is 5.25. The highest BCUT2D eigenvalue weighted by Gasteiger charge is 2.41. The van der Waals surface area contributed by atoms with Crippen LogP contribution in [0.5, 0.6) is 11.5 Å². The Labute approximate surface area is 243 Å². The molecule has 214 valence electrons. The average Bonchev–Trinajstić information content (AvgIpc) is 3.57. The van der Waals surface area contributed by atoms with Crippen LogP contribution >= 0.6 is 0 Å². The molecule has 2 atom stereocenters. The van der Waals surface area contributed by atoms with Crippen LogP contribution in [0.15, 0.2) is 78.9 Å². The predicted molar refractivity (Wildman–Crippen MR) is 156 cm³/mol. The summed E-state index contributed by atoms with van der Waals surface area (Å²) in [5.41, 5.74) is 3.07. The first-order chi connectivity index (χ1) is 20.4. The predicted octanol–water partition coefficient (Wildman–Crippen LogP) is 4.65. The molecule has 3 amide bonds. The van der Waals surface area contributed by atoms with Crippen molar-refractivity contribution >= 4 is 34.9 Å². The van der Waals surface area contributed by atoms with Crippen LogP contribution in [-0.4, -0.2) is 47.8 Å². The van der Waals surface area contributed by atoms with E-state index in [-0.39, 0.29) is 37.3 Å². The molecule has 0 fully saturated rings. The Balaban J connectivity index is 1.35. The number of nitrogens with one attached hydrogen (secondary N) is 1. The van der Waals surface area contributed by atoms with Crippen molar-refractivity contribution in [2.24, 2.45) is 5.92 Å². The Morgan fingerprint density at radius 3 is 2.60 bits per heavy atom. The minimum atomic E-state index is -0.837. The van der Waals surface area contributed by atoms with Crippen molar-refractivity contribution in [3.63, 3.8) is 0 Å². The highest BCUT2D eigenvalue weighted by atomic mass is 16.7. The van der Waals surface area contributed by atoms with Gasteiger partial charge in [0, 0.05) is 18.3 Å². The van der Waals surface area contributed by atoms with E-state index in [2.05, 4.69) is 11.4 Å². The summed E-state index contributed by atoms with van der Waals surface area (Å²) in [6, 6.07) is 18.7. The maximum absolute atomic E-state index is 14.3. The molecule has 2 aliphatic heterocycles. The van der Waals surface area contributed by atoms with E-state index in [9.17, 15) is 19.2 Å². The van der Waals surface area contributed by atoms with Gasteiger partial charge in [-0.3, -0.25) is 24.1 Å². The van der Waals surface area contributed by atoms with Crippen molar-refractivity contribution in [1.82, 2.24) is 4.90 Å². The Kier molecular flexibility index (Phi) is 7.48. The number of benzene rings is 3. The Morgan fingerprint density at radius 1 is 1.00 bits per heavy atom. The van der Waals surface area contributed by atoms with Crippen molar-refractivity contribution in [1.29, 1.82) is 0 Å². The van der Waals surface area contributed by atoms with Gasteiger partial charge in [-0.05, 0) is 67.5 Å². The summed E-state index contributed by atoms with van der Waals surface area (Å²) >= 11 is 0. The van der Waals surface area contributed by atoms with Gasteiger partial charge < -0.3 is 19.7 Å². The zero-order valence-electron chi connectivity index (χ0n) is 23.2. The number of para-hydroxylation sites is 1. The molecule has 2 heterocycles. The number of Topliss-reactive ketones (excluding diaryl/α,β-unsaturated/α-hetero) is 1. The molecule has 6 rings (SSSR count). The highest BCUT2D eigenvalue weighted by Crippen LogP contribution is 2.35. The fraction of sp³-hybridized carbons (Fsp3) is 0.273. The largest absolute Gasteiger partial charge is 0.454 e. The normalized spacial score (nSPS) is 17.6. The van der Waals surface area contributed by atoms with Crippen molar-refractivity contribution < 1.29 is 28.7 Å². The number of hydrogen-bond donors (Lipinski definition) is 1. The summed E-state index contributed by atoms with van der Waals surface area (Å²) < 4.78 is 10.9. The van der Waals surface area contributed by atoms with Crippen LogP contribution in [0.1, 0.15) is 40.7 Å². The lowest BCUT2D eigenvalue weighted by atomic mass is 9.85. The van der Waals surface area contributed by atoms with Crippen LogP contribution in [0, 0.1) is 12.8 Å². The van der Waals surface area contributed by atoms with E-state index in [0.29, 0.717) is 29.3 Å². The summed E-state index contributed by atoms with van der Waals surface area (Å²) in [6.07, 6.45) is 6.27. The van der Waals surface area contributed by atoms with E-state index in [1.165, 1.54) is 4.90 Å². The third-order valence-corrected chi connectivity index (χ3v) is 8.10. The van der Waals surface area contributed by atoms with E-state index in [1.54, 1.807) is 47.4 Å². The fourth-order valence-corrected chi connectivity index (χ4v) is 5.85. The molecule has 0 saturated carbocycles. The molecule has 9 heteroatoms. The smallest absolute Gasteiger partial charge is 0.299 e. The van der Waals surface area contributed by atoms with Crippen LogP contribution in [0.2, 0.25) is 0 Å². The molecule has 3 aromatic rings. The number of carbonyl (C=O) groups is 4. The molecule has 0 radical (unpaired) electrons. The van der Waals surface area contributed by atoms with E-state index < -0.39 is 23.6 Å². The summed E-state index contributed by atoms with van der Waals surface area (Å²) in [5.74, 6) is -1.16. The van der Waals surface area contributed by atoms with Crippen LogP contribution in [-0.2, 0) is 20.9 Å². The molecule has 0 saturated heterocycles. The summed E-state index contributed by atoms with van der Waals surface area (Å²) in [6.45, 7) is 1.89. The second-order valence-electron chi connectivity index (χ2n) is 10.7. The molecule has 0 spiro atoms. The number of anilines is 2. The fourth-order valence-electron chi connectivity index (χ4n) is 5.85. The van der Waals surface area contributed by atoms with Crippen molar-refractivity contribution in [3.05, 3.63) is 95.6 Å². The molecule has 3 aromatic carbocycles. The van der Waals surface area contributed by atoms with E-state index in [4.69, 9.17) is 9.47 Å². The van der Waals surface area contributed by atoms with Crippen molar-refractivity contribution in [2.75, 3.05) is 23.6 Å². The number of nitrogens with zero attached hydrogens (tertiary/aromatic N) is 2. The first kappa shape index (κ1) is 27.3. The number of ether oxygens (including phenoxy) is 2. The Morgan fingerprint density at radius 2 is 1.79 bits per heavy atom. The maximum Gasteiger partial charge on any atom is 0.299 e. The minimum absolute atomic E-state index is 0.114. The second kappa shape index (κ2) is 11.5. The first-order valence-corrected chi connectivity index (χ1v) is 14.1. The van der Waals surface area contributed by atoms with Crippen LogP contribution in [0.4, 0.5) is 11.4 Å². The number of carbonyl (C=O) groups excluding carboxylic acids is 4. The third-order valence-electron chi connectivity index (χ3n) is 8.10. The molecular weight excluding hydrogens is 534 g/mol. The van der Waals surface area contributed by atoms with Gasteiger partial charge in [-0.2, -0.15) is 0 Å². The van der Waals surface area contributed by atoms with Crippen LogP contribution in [0.3, 0.4) is 0 Å².